The number of nitrogens with one attached hydrogen (secondary N) is 1. The van der Waals surface area contributed by atoms with Crippen LogP contribution < -0.4 is 10.1 Å². The molecule has 0 saturated carbocycles. The molecule has 3 rings (SSSR count). The molecule has 0 radical (unpaired) electrons. The number of oxime groups is 1. The van der Waals surface area contributed by atoms with Gasteiger partial charge in [0.05, 0.1) is 6.04 Å². The maximum absolute atomic E-state index is 12.4. The van der Waals surface area contributed by atoms with Gasteiger partial charge in [0.25, 0.3) is 5.91 Å². The molecule has 2 atom stereocenters. The number of carbonyl (C=O) groups excluding carboxylic acids is 1. The van der Waals surface area contributed by atoms with Gasteiger partial charge in [0.15, 0.2) is 6.10 Å². The zero-order valence-electron chi connectivity index (χ0n) is 14.1. The van der Waals surface area contributed by atoms with Crippen LogP contribution in [0.15, 0.2) is 59.8 Å². The molecule has 0 saturated heterocycles. The number of nitrogens with zero attached hydrogens (tertiary/aromatic N) is 1. The van der Waals surface area contributed by atoms with E-state index in [2.05, 4.69) is 15.2 Å². The van der Waals surface area contributed by atoms with Gasteiger partial charge in [-0.05, 0) is 30.2 Å². The van der Waals surface area contributed by atoms with Crippen LogP contribution in [-0.4, -0.2) is 18.2 Å². The summed E-state index contributed by atoms with van der Waals surface area (Å²) in [7, 11) is 0. The van der Waals surface area contributed by atoms with Gasteiger partial charge in [0.1, 0.15) is 11.5 Å². The maximum Gasteiger partial charge on any atom is 0.387 e. The number of alkyl halides is 2. The number of benzene rings is 2. The molecular weight excluding hydrogens is 342 g/mol. The minimum absolute atomic E-state index is 0.0709. The Labute approximate surface area is 149 Å². The van der Waals surface area contributed by atoms with E-state index in [4.69, 9.17) is 4.84 Å². The molecule has 5 nitrogen and oxygen atoms in total. The Kier molecular flexibility index (Phi) is 5.46. The smallest absolute Gasteiger partial charge is 0.387 e. The molecule has 0 spiro atoms. The summed E-state index contributed by atoms with van der Waals surface area (Å²) in [6.45, 7) is -1.07. The average molecular weight is 360 g/mol. The zero-order valence-corrected chi connectivity index (χ0v) is 14.1. The van der Waals surface area contributed by atoms with Crippen molar-refractivity contribution in [3.8, 4) is 5.75 Å². The lowest BCUT2D eigenvalue weighted by Gasteiger charge is -2.14. The minimum atomic E-state index is -2.86. The number of rotatable bonds is 6. The van der Waals surface area contributed by atoms with Gasteiger partial charge in [0.2, 0.25) is 0 Å². The van der Waals surface area contributed by atoms with Crippen LogP contribution in [0.4, 0.5) is 8.78 Å². The first kappa shape index (κ1) is 17.8. The van der Waals surface area contributed by atoms with Crippen molar-refractivity contribution in [1.82, 2.24) is 5.32 Å². The molecule has 1 heterocycles. The summed E-state index contributed by atoms with van der Waals surface area (Å²) >= 11 is 0. The average Bonchev–Trinajstić information content (AvgIpc) is 3.13. The van der Waals surface area contributed by atoms with Gasteiger partial charge >= 0.3 is 6.61 Å². The summed E-state index contributed by atoms with van der Waals surface area (Å²) in [5.41, 5.74) is 2.05. The number of halogens is 2. The number of amides is 1. The third-order valence-corrected chi connectivity index (χ3v) is 4.06. The predicted molar refractivity (Wildman–Crippen MR) is 92.0 cm³/mol. The second kappa shape index (κ2) is 7.95. The lowest BCUT2D eigenvalue weighted by molar-refractivity contribution is -0.115. The van der Waals surface area contributed by atoms with Crippen LogP contribution in [-0.2, 0) is 9.63 Å². The molecule has 0 fully saturated rings. The summed E-state index contributed by atoms with van der Waals surface area (Å²) in [4.78, 5) is 17.7. The molecule has 1 aliphatic rings. The minimum Gasteiger partial charge on any atom is -0.435 e. The van der Waals surface area contributed by atoms with Gasteiger partial charge in [-0.3, -0.25) is 4.79 Å². The van der Waals surface area contributed by atoms with E-state index in [1.165, 1.54) is 12.1 Å². The van der Waals surface area contributed by atoms with Crippen molar-refractivity contribution in [3.63, 3.8) is 0 Å². The molecule has 136 valence electrons. The molecule has 1 aliphatic heterocycles. The van der Waals surface area contributed by atoms with E-state index in [-0.39, 0.29) is 23.8 Å². The summed E-state index contributed by atoms with van der Waals surface area (Å²) in [6, 6.07) is 15.4. The van der Waals surface area contributed by atoms with Crippen LogP contribution in [0.3, 0.4) is 0 Å². The Bertz CT molecular complexity index is 779. The van der Waals surface area contributed by atoms with E-state index >= 15 is 0 Å². The number of hydrogen-bond donors (Lipinski definition) is 1. The topological polar surface area (TPSA) is 59.9 Å². The number of ether oxygens (including phenoxy) is 1. The van der Waals surface area contributed by atoms with E-state index in [9.17, 15) is 13.6 Å². The molecule has 1 N–H and O–H groups in total. The molecule has 0 aliphatic carbocycles. The maximum atomic E-state index is 12.4. The molecule has 2 unspecified atom stereocenters. The second-order valence-corrected chi connectivity index (χ2v) is 5.89. The Morgan fingerprint density at radius 2 is 1.88 bits per heavy atom. The van der Waals surface area contributed by atoms with Crippen molar-refractivity contribution in [2.24, 2.45) is 5.16 Å². The van der Waals surface area contributed by atoms with Crippen molar-refractivity contribution in [3.05, 3.63) is 65.7 Å². The monoisotopic (exact) mass is 360 g/mol. The summed E-state index contributed by atoms with van der Waals surface area (Å²) < 4.78 is 28.7. The first-order valence-electron chi connectivity index (χ1n) is 8.16. The highest BCUT2D eigenvalue weighted by Crippen LogP contribution is 2.27. The lowest BCUT2D eigenvalue weighted by Crippen LogP contribution is -2.32. The fraction of sp³-hybridized carbons (Fsp3) is 0.263. The fourth-order valence-electron chi connectivity index (χ4n) is 2.66. The molecule has 2 aromatic rings. The molecule has 26 heavy (non-hydrogen) atoms. The quantitative estimate of drug-likeness (QED) is 0.848. The first-order chi connectivity index (χ1) is 12.5. The van der Waals surface area contributed by atoms with E-state index in [1.807, 2.05) is 30.3 Å². The van der Waals surface area contributed by atoms with Crippen LogP contribution >= 0.6 is 0 Å². The number of hydrogen-bond acceptors (Lipinski definition) is 4. The predicted octanol–water partition coefficient (Wildman–Crippen LogP) is 3.98. The van der Waals surface area contributed by atoms with Gasteiger partial charge in [0, 0.05) is 6.42 Å². The van der Waals surface area contributed by atoms with Crippen LogP contribution in [0.5, 0.6) is 5.75 Å². The Hall–Kier alpha value is -2.96. The van der Waals surface area contributed by atoms with Crippen LogP contribution in [0, 0.1) is 0 Å². The summed E-state index contributed by atoms with van der Waals surface area (Å²) in [5, 5.41) is 6.72. The Morgan fingerprint density at radius 3 is 2.54 bits per heavy atom. The third-order valence-electron chi connectivity index (χ3n) is 4.06. The van der Waals surface area contributed by atoms with E-state index in [0.717, 1.165) is 11.1 Å². The largest absolute Gasteiger partial charge is 0.435 e. The fourth-order valence-corrected chi connectivity index (χ4v) is 2.66. The van der Waals surface area contributed by atoms with E-state index < -0.39 is 6.61 Å². The van der Waals surface area contributed by atoms with Gasteiger partial charge in [-0.1, -0.05) is 47.6 Å². The highest BCUT2D eigenvalue weighted by atomic mass is 19.3. The molecule has 1 amide bonds. The van der Waals surface area contributed by atoms with Crippen LogP contribution in [0.2, 0.25) is 0 Å². The van der Waals surface area contributed by atoms with Crippen molar-refractivity contribution < 1.29 is 23.1 Å². The van der Waals surface area contributed by atoms with Gasteiger partial charge in [-0.25, -0.2) is 0 Å². The molecule has 7 heteroatoms. The standard InChI is InChI=1S/C19H18F2N2O3/c1-12(13-7-9-15(10-8-13)25-19(20)21)22-18(24)16-11-17(26-23-16)14-5-3-2-4-6-14/h2-10,12,17,19H,11H2,1H3,(H,22,24). The van der Waals surface area contributed by atoms with Crippen LogP contribution in [0.1, 0.15) is 36.6 Å². The van der Waals surface area contributed by atoms with Crippen molar-refractivity contribution in [1.29, 1.82) is 0 Å². The second-order valence-electron chi connectivity index (χ2n) is 5.89. The van der Waals surface area contributed by atoms with Crippen molar-refractivity contribution in [2.75, 3.05) is 0 Å². The zero-order chi connectivity index (χ0) is 18.5. The molecule has 2 aromatic carbocycles. The Balaban J connectivity index is 1.56. The third kappa shape index (κ3) is 4.36. The lowest BCUT2D eigenvalue weighted by atomic mass is 10.0. The van der Waals surface area contributed by atoms with E-state index in [0.29, 0.717) is 12.1 Å². The van der Waals surface area contributed by atoms with Crippen molar-refractivity contribution in [2.45, 2.75) is 32.1 Å². The highest BCUT2D eigenvalue weighted by Gasteiger charge is 2.28. The van der Waals surface area contributed by atoms with Gasteiger partial charge in [-0.2, -0.15) is 8.78 Å². The Morgan fingerprint density at radius 1 is 1.19 bits per heavy atom. The normalized spacial score (nSPS) is 17.4. The van der Waals surface area contributed by atoms with Gasteiger partial charge in [-0.15, -0.1) is 0 Å². The molecule has 0 aromatic heterocycles. The number of carbonyl (C=O) groups is 1. The molecular formula is C19H18F2N2O3. The summed E-state index contributed by atoms with van der Waals surface area (Å²) in [6.07, 6.45) is 0.127. The molecule has 0 bridgehead atoms. The van der Waals surface area contributed by atoms with Gasteiger partial charge < -0.3 is 14.9 Å². The SMILES string of the molecule is CC(NC(=O)C1=NOC(c2ccccc2)C1)c1ccc(OC(F)F)cc1. The summed E-state index contributed by atoms with van der Waals surface area (Å²) in [5.74, 6) is -0.245. The highest BCUT2D eigenvalue weighted by molar-refractivity contribution is 6.39. The van der Waals surface area contributed by atoms with E-state index in [1.54, 1.807) is 19.1 Å². The van der Waals surface area contributed by atoms with Crippen LogP contribution in [0.25, 0.3) is 0 Å². The first-order valence-corrected chi connectivity index (χ1v) is 8.16. The van der Waals surface area contributed by atoms with Crippen molar-refractivity contribution >= 4 is 11.6 Å².